The van der Waals surface area contributed by atoms with Gasteiger partial charge >= 0.3 is 0 Å². The molecule has 17 heavy (non-hydrogen) atoms. The molecule has 1 aromatic carbocycles. The maximum atomic E-state index is 4.72. The van der Waals surface area contributed by atoms with Crippen LogP contribution in [0.1, 0.15) is 12.8 Å². The Morgan fingerprint density at radius 3 is 2.53 bits per heavy atom. The number of hydrogen-bond donors (Lipinski definition) is 0. The summed E-state index contributed by atoms with van der Waals surface area (Å²) in [6.07, 6.45) is 2.60. The minimum absolute atomic E-state index is 1.09. The Labute approximate surface area is 113 Å². The molecule has 0 N–H and O–H groups in total. The molecule has 2 nitrogen and oxygen atoms in total. The Morgan fingerprint density at radius 1 is 1.12 bits per heavy atom. The Bertz CT molecular complexity index is 500. The number of rotatable bonds is 2. The molecule has 0 unspecified atom stereocenters. The van der Waals surface area contributed by atoms with Crippen LogP contribution in [0.3, 0.4) is 0 Å². The number of anilines is 1. The van der Waals surface area contributed by atoms with Crippen molar-refractivity contribution in [2.45, 2.75) is 12.8 Å². The zero-order valence-corrected chi connectivity index (χ0v) is 11.8. The third kappa shape index (κ3) is 2.38. The van der Waals surface area contributed by atoms with E-state index in [-0.39, 0.29) is 0 Å². The lowest BCUT2D eigenvalue weighted by Gasteiger charge is -2.12. The Balaban J connectivity index is 1.86. The highest BCUT2D eigenvalue weighted by Gasteiger charge is 2.15. The fourth-order valence-electron chi connectivity index (χ4n) is 2.07. The third-order valence-corrected chi connectivity index (χ3v) is 4.44. The van der Waals surface area contributed by atoms with Crippen LogP contribution in [0.2, 0.25) is 0 Å². The molecule has 0 bridgehead atoms. The van der Waals surface area contributed by atoms with Gasteiger partial charge in [-0.05, 0) is 25.0 Å². The highest BCUT2D eigenvalue weighted by Crippen LogP contribution is 2.29. The summed E-state index contributed by atoms with van der Waals surface area (Å²) >= 11 is 5.20. The van der Waals surface area contributed by atoms with Gasteiger partial charge < -0.3 is 4.90 Å². The summed E-state index contributed by atoms with van der Waals surface area (Å²) < 4.78 is 1.11. The number of halogens is 1. The lowest BCUT2D eigenvalue weighted by molar-refractivity contribution is 0.949. The molecule has 1 aromatic heterocycles. The van der Waals surface area contributed by atoms with E-state index in [0.717, 1.165) is 23.3 Å². The summed E-state index contributed by atoms with van der Waals surface area (Å²) in [5.74, 6) is 0. The molecule has 0 atom stereocenters. The highest BCUT2D eigenvalue weighted by atomic mass is 79.9. The number of benzene rings is 1. The van der Waals surface area contributed by atoms with Gasteiger partial charge in [-0.3, -0.25) is 0 Å². The van der Waals surface area contributed by atoms with Gasteiger partial charge in [0, 0.05) is 28.5 Å². The van der Waals surface area contributed by atoms with Gasteiger partial charge in [0.25, 0.3) is 0 Å². The number of aromatic nitrogens is 1. The molecule has 88 valence electrons. The van der Waals surface area contributed by atoms with Crippen molar-refractivity contribution in [1.29, 1.82) is 0 Å². The highest BCUT2D eigenvalue weighted by molar-refractivity contribution is 9.10. The molecule has 0 amide bonds. The van der Waals surface area contributed by atoms with Gasteiger partial charge in [0.1, 0.15) is 0 Å². The molecule has 1 fully saturated rings. The van der Waals surface area contributed by atoms with Crippen LogP contribution in [0.5, 0.6) is 0 Å². The summed E-state index contributed by atoms with van der Waals surface area (Å²) in [5.41, 5.74) is 2.28. The monoisotopic (exact) mass is 308 g/mol. The summed E-state index contributed by atoms with van der Waals surface area (Å²) in [7, 11) is 0. The summed E-state index contributed by atoms with van der Waals surface area (Å²) in [5, 5.41) is 3.32. The van der Waals surface area contributed by atoms with Crippen LogP contribution in [-0.4, -0.2) is 18.1 Å². The molecular weight excluding hydrogens is 296 g/mol. The van der Waals surface area contributed by atoms with Gasteiger partial charge in [0.15, 0.2) is 5.13 Å². The van der Waals surface area contributed by atoms with E-state index in [1.54, 1.807) is 11.3 Å². The van der Waals surface area contributed by atoms with E-state index in [9.17, 15) is 0 Å². The largest absolute Gasteiger partial charge is 0.348 e. The Morgan fingerprint density at radius 2 is 1.82 bits per heavy atom. The third-order valence-electron chi connectivity index (χ3n) is 3.01. The van der Waals surface area contributed by atoms with E-state index in [1.807, 2.05) is 0 Å². The molecule has 0 aliphatic carbocycles. The SMILES string of the molecule is Brc1ccc(-c2csc(N3CCCC3)n2)cc1. The van der Waals surface area contributed by atoms with Gasteiger partial charge in [0.2, 0.25) is 0 Å². The van der Waals surface area contributed by atoms with Crippen molar-refractivity contribution < 1.29 is 0 Å². The van der Waals surface area contributed by atoms with Crippen LogP contribution >= 0.6 is 27.3 Å². The molecule has 1 aliphatic rings. The summed E-state index contributed by atoms with van der Waals surface area (Å²) in [4.78, 5) is 7.10. The topological polar surface area (TPSA) is 16.1 Å². The lowest BCUT2D eigenvalue weighted by atomic mass is 10.2. The Kier molecular flexibility index (Phi) is 3.16. The van der Waals surface area contributed by atoms with Gasteiger partial charge in [-0.1, -0.05) is 28.1 Å². The van der Waals surface area contributed by atoms with Crippen molar-refractivity contribution in [1.82, 2.24) is 4.98 Å². The fourth-order valence-corrected chi connectivity index (χ4v) is 3.22. The van der Waals surface area contributed by atoms with Crippen LogP contribution in [0, 0.1) is 0 Å². The van der Waals surface area contributed by atoms with Crippen LogP contribution in [0.4, 0.5) is 5.13 Å². The predicted molar refractivity (Wildman–Crippen MR) is 76.7 cm³/mol. The molecule has 1 saturated heterocycles. The molecule has 1 aliphatic heterocycles. The fraction of sp³-hybridized carbons (Fsp3) is 0.308. The normalized spacial score (nSPS) is 15.5. The molecule has 0 radical (unpaired) electrons. The number of nitrogens with zero attached hydrogens (tertiary/aromatic N) is 2. The first-order chi connectivity index (χ1) is 8.33. The lowest BCUT2D eigenvalue weighted by Crippen LogP contribution is -2.17. The second kappa shape index (κ2) is 4.78. The van der Waals surface area contributed by atoms with E-state index in [1.165, 1.54) is 23.5 Å². The van der Waals surface area contributed by atoms with Gasteiger partial charge in [0.05, 0.1) is 5.69 Å². The summed E-state index contributed by atoms with van der Waals surface area (Å²) in [6, 6.07) is 8.33. The molecule has 0 saturated carbocycles. The Hall–Kier alpha value is -0.870. The first kappa shape index (κ1) is 11.2. The van der Waals surface area contributed by atoms with Crippen LogP contribution in [0.15, 0.2) is 34.1 Å². The van der Waals surface area contributed by atoms with Crippen molar-refractivity contribution in [2.75, 3.05) is 18.0 Å². The second-order valence-electron chi connectivity index (χ2n) is 4.22. The minimum Gasteiger partial charge on any atom is -0.348 e. The van der Waals surface area contributed by atoms with Crippen LogP contribution < -0.4 is 4.90 Å². The van der Waals surface area contributed by atoms with Gasteiger partial charge in [-0.25, -0.2) is 4.98 Å². The van der Waals surface area contributed by atoms with E-state index in [2.05, 4.69) is 50.5 Å². The average molecular weight is 309 g/mol. The maximum Gasteiger partial charge on any atom is 0.185 e. The molecule has 2 heterocycles. The number of hydrogen-bond acceptors (Lipinski definition) is 3. The second-order valence-corrected chi connectivity index (χ2v) is 5.97. The van der Waals surface area contributed by atoms with Crippen molar-refractivity contribution >= 4 is 32.4 Å². The van der Waals surface area contributed by atoms with Crippen molar-refractivity contribution in [3.8, 4) is 11.3 Å². The van der Waals surface area contributed by atoms with Gasteiger partial charge in [-0.2, -0.15) is 0 Å². The zero-order valence-electron chi connectivity index (χ0n) is 9.40. The molecule has 4 heteroatoms. The molecule has 2 aromatic rings. The van der Waals surface area contributed by atoms with Crippen LogP contribution in [-0.2, 0) is 0 Å². The van der Waals surface area contributed by atoms with E-state index in [4.69, 9.17) is 4.98 Å². The van der Waals surface area contributed by atoms with E-state index < -0.39 is 0 Å². The number of thiazole rings is 1. The minimum atomic E-state index is 1.09. The average Bonchev–Trinajstić information content (AvgIpc) is 3.00. The molecule has 3 rings (SSSR count). The molecule has 0 spiro atoms. The zero-order chi connectivity index (χ0) is 11.7. The van der Waals surface area contributed by atoms with Gasteiger partial charge in [-0.15, -0.1) is 11.3 Å². The predicted octanol–water partition coefficient (Wildman–Crippen LogP) is 4.17. The van der Waals surface area contributed by atoms with Crippen molar-refractivity contribution in [2.24, 2.45) is 0 Å². The first-order valence-electron chi connectivity index (χ1n) is 5.79. The van der Waals surface area contributed by atoms with Crippen molar-refractivity contribution in [3.05, 3.63) is 34.1 Å². The van der Waals surface area contributed by atoms with Crippen molar-refractivity contribution in [3.63, 3.8) is 0 Å². The first-order valence-corrected chi connectivity index (χ1v) is 7.46. The summed E-state index contributed by atoms with van der Waals surface area (Å²) in [6.45, 7) is 2.32. The smallest absolute Gasteiger partial charge is 0.185 e. The standard InChI is InChI=1S/C13H13BrN2S/c14-11-5-3-10(4-6-11)12-9-17-13(15-12)16-7-1-2-8-16/h3-6,9H,1-2,7-8H2. The van der Waals surface area contributed by atoms with E-state index >= 15 is 0 Å². The quantitative estimate of drug-likeness (QED) is 0.827. The van der Waals surface area contributed by atoms with Crippen LogP contribution in [0.25, 0.3) is 11.3 Å². The maximum absolute atomic E-state index is 4.72. The molecular formula is C13H13BrN2S. The van der Waals surface area contributed by atoms with E-state index in [0.29, 0.717) is 0 Å².